The van der Waals surface area contributed by atoms with Gasteiger partial charge in [-0.1, -0.05) is 35.9 Å². The van der Waals surface area contributed by atoms with E-state index >= 15 is 0 Å². The van der Waals surface area contributed by atoms with Crippen LogP contribution in [0.25, 0.3) is 10.9 Å². The Morgan fingerprint density at radius 2 is 1.91 bits per heavy atom. The van der Waals surface area contributed by atoms with E-state index in [0.29, 0.717) is 5.56 Å². The second-order valence-electron chi connectivity index (χ2n) is 5.45. The van der Waals surface area contributed by atoms with Crippen molar-refractivity contribution in [3.63, 3.8) is 0 Å². The number of benzene rings is 2. The number of hydrogen-bond donors (Lipinski definition) is 1. The van der Waals surface area contributed by atoms with E-state index < -0.39 is 0 Å². The molecule has 1 aromatic heterocycles. The van der Waals surface area contributed by atoms with E-state index in [4.69, 9.17) is 0 Å². The monoisotopic (exact) mass is 305 g/mol. The van der Waals surface area contributed by atoms with E-state index in [-0.39, 0.29) is 5.91 Å². The molecule has 116 valence electrons. The summed E-state index contributed by atoms with van der Waals surface area (Å²) in [6, 6.07) is 15.6. The summed E-state index contributed by atoms with van der Waals surface area (Å²) in [7, 11) is 0. The lowest BCUT2D eigenvalue weighted by Crippen LogP contribution is -2.17. The highest BCUT2D eigenvalue weighted by atomic mass is 16.2. The van der Waals surface area contributed by atoms with Crippen LogP contribution in [-0.2, 0) is 6.54 Å². The number of para-hydroxylation sites is 1. The van der Waals surface area contributed by atoms with Gasteiger partial charge in [-0.05, 0) is 32.0 Å². The minimum Gasteiger partial charge on any atom is -0.347 e. The third kappa shape index (κ3) is 3.16. The molecular formula is C19H19N3O. The molecule has 1 heterocycles. The number of carbonyl (C=O) groups excluding carboxylic acids is 1. The molecule has 0 aliphatic heterocycles. The van der Waals surface area contributed by atoms with Gasteiger partial charge in [-0.15, -0.1) is 0 Å². The minimum absolute atomic E-state index is 0.208. The van der Waals surface area contributed by atoms with Crippen molar-refractivity contribution < 1.29 is 4.79 Å². The zero-order chi connectivity index (χ0) is 16.2. The second-order valence-corrected chi connectivity index (χ2v) is 5.45. The summed E-state index contributed by atoms with van der Waals surface area (Å²) in [4.78, 5) is 12.0. The minimum atomic E-state index is -0.208. The van der Waals surface area contributed by atoms with Crippen molar-refractivity contribution >= 4 is 23.0 Å². The molecule has 0 saturated carbocycles. The molecule has 2 aromatic carbocycles. The first kappa shape index (κ1) is 15.0. The molecule has 0 radical (unpaired) electrons. The second kappa shape index (κ2) is 6.48. The Balaban J connectivity index is 1.78. The molecule has 0 aliphatic rings. The molecule has 1 amide bonds. The Hall–Kier alpha value is -2.88. The lowest BCUT2D eigenvalue weighted by atomic mass is 10.1. The molecule has 0 saturated heterocycles. The predicted molar refractivity (Wildman–Crippen MR) is 93.9 cm³/mol. The molecule has 3 rings (SSSR count). The number of hydrogen-bond acceptors (Lipinski definition) is 2. The highest BCUT2D eigenvalue weighted by Gasteiger charge is 2.06. The molecule has 0 spiro atoms. The Morgan fingerprint density at radius 3 is 2.65 bits per heavy atom. The molecule has 0 bridgehead atoms. The number of nitrogens with one attached hydrogen (secondary N) is 1. The first-order valence-electron chi connectivity index (χ1n) is 7.67. The fraction of sp³-hybridized carbons (Fsp3) is 0.158. The third-order valence-electron chi connectivity index (χ3n) is 3.84. The maximum atomic E-state index is 12.0. The molecule has 3 aromatic rings. The molecule has 23 heavy (non-hydrogen) atoms. The maximum absolute atomic E-state index is 12.0. The van der Waals surface area contributed by atoms with Gasteiger partial charge in [0.2, 0.25) is 0 Å². The van der Waals surface area contributed by atoms with Crippen molar-refractivity contribution in [2.75, 3.05) is 0 Å². The Labute approximate surface area is 135 Å². The number of aromatic nitrogens is 1. The lowest BCUT2D eigenvalue weighted by molar-refractivity contribution is 0.0955. The Bertz CT molecular complexity index is 860. The van der Waals surface area contributed by atoms with Crippen LogP contribution in [0, 0.1) is 6.92 Å². The number of rotatable bonds is 4. The van der Waals surface area contributed by atoms with Gasteiger partial charge < -0.3 is 4.57 Å². The first-order valence-corrected chi connectivity index (χ1v) is 7.67. The summed E-state index contributed by atoms with van der Waals surface area (Å²) in [6.45, 7) is 4.99. The fourth-order valence-electron chi connectivity index (χ4n) is 2.57. The van der Waals surface area contributed by atoms with Crippen LogP contribution >= 0.6 is 0 Å². The van der Waals surface area contributed by atoms with E-state index in [0.717, 1.165) is 23.1 Å². The van der Waals surface area contributed by atoms with Crippen LogP contribution in [0.4, 0.5) is 0 Å². The average molecular weight is 305 g/mol. The van der Waals surface area contributed by atoms with Crippen molar-refractivity contribution in [2.24, 2.45) is 5.10 Å². The van der Waals surface area contributed by atoms with Crippen LogP contribution in [0.5, 0.6) is 0 Å². The SMILES string of the molecule is CCn1cc(/C=N\NC(=O)c2ccc(C)cc2)c2ccccc21. The van der Waals surface area contributed by atoms with E-state index in [1.807, 2.05) is 37.4 Å². The molecule has 1 N–H and O–H groups in total. The number of nitrogens with zero attached hydrogens (tertiary/aromatic N) is 2. The summed E-state index contributed by atoms with van der Waals surface area (Å²) in [6.07, 6.45) is 3.74. The number of amides is 1. The van der Waals surface area contributed by atoms with E-state index in [2.05, 4.69) is 34.2 Å². The summed E-state index contributed by atoms with van der Waals surface area (Å²) in [5.74, 6) is -0.208. The standard InChI is InChI=1S/C19H19N3O/c1-3-22-13-16(17-6-4-5-7-18(17)22)12-20-21-19(23)15-10-8-14(2)9-11-15/h4-13H,3H2,1-2H3,(H,21,23)/b20-12-. The van der Waals surface area contributed by atoms with Crippen LogP contribution in [0.1, 0.15) is 28.4 Å². The average Bonchev–Trinajstić information content (AvgIpc) is 2.94. The van der Waals surface area contributed by atoms with Crippen LogP contribution < -0.4 is 5.43 Å². The number of aryl methyl sites for hydroxylation is 2. The topological polar surface area (TPSA) is 46.4 Å². The number of fused-ring (bicyclic) bond motifs is 1. The summed E-state index contributed by atoms with van der Waals surface area (Å²) >= 11 is 0. The third-order valence-corrected chi connectivity index (χ3v) is 3.84. The Morgan fingerprint density at radius 1 is 1.17 bits per heavy atom. The van der Waals surface area contributed by atoms with Crippen molar-refractivity contribution in [1.29, 1.82) is 0 Å². The zero-order valence-electron chi connectivity index (χ0n) is 13.3. The van der Waals surface area contributed by atoms with Gasteiger partial charge in [-0.3, -0.25) is 4.79 Å². The van der Waals surface area contributed by atoms with Gasteiger partial charge in [0.15, 0.2) is 0 Å². The number of hydrazone groups is 1. The zero-order valence-corrected chi connectivity index (χ0v) is 13.3. The normalized spacial score (nSPS) is 11.2. The Kier molecular flexibility index (Phi) is 4.24. The summed E-state index contributed by atoms with van der Waals surface area (Å²) in [5.41, 5.74) is 6.46. The van der Waals surface area contributed by atoms with Crippen LogP contribution in [0.2, 0.25) is 0 Å². The molecule has 4 nitrogen and oxygen atoms in total. The molecule has 0 fully saturated rings. The van der Waals surface area contributed by atoms with E-state index in [9.17, 15) is 4.79 Å². The largest absolute Gasteiger partial charge is 0.347 e. The maximum Gasteiger partial charge on any atom is 0.271 e. The quantitative estimate of drug-likeness (QED) is 0.579. The van der Waals surface area contributed by atoms with Crippen molar-refractivity contribution in [2.45, 2.75) is 20.4 Å². The number of carbonyl (C=O) groups is 1. The van der Waals surface area contributed by atoms with Gasteiger partial charge in [0.1, 0.15) is 0 Å². The van der Waals surface area contributed by atoms with Crippen molar-refractivity contribution in [3.8, 4) is 0 Å². The first-order chi connectivity index (χ1) is 11.2. The highest BCUT2D eigenvalue weighted by molar-refractivity contribution is 6.00. The summed E-state index contributed by atoms with van der Waals surface area (Å²) in [5, 5.41) is 5.23. The van der Waals surface area contributed by atoms with Gasteiger partial charge in [0, 0.05) is 34.8 Å². The van der Waals surface area contributed by atoms with Crippen LogP contribution in [0.3, 0.4) is 0 Å². The molecule has 4 heteroatoms. The summed E-state index contributed by atoms with van der Waals surface area (Å²) < 4.78 is 2.17. The molecule has 0 aliphatic carbocycles. The lowest BCUT2D eigenvalue weighted by Gasteiger charge is -1.99. The van der Waals surface area contributed by atoms with Gasteiger partial charge in [-0.2, -0.15) is 5.10 Å². The van der Waals surface area contributed by atoms with Gasteiger partial charge in [0.05, 0.1) is 6.21 Å². The van der Waals surface area contributed by atoms with E-state index in [1.54, 1.807) is 18.3 Å². The van der Waals surface area contributed by atoms with Gasteiger partial charge in [0.25, 0.3) is 5.91 Å². The van der Waals surface area contributed by atoms with Crippen molar-refractivity contribution in [1.82, 2.24) is 9.99 Å². The van der Waals surface area contributed by atoms with Crippen molar-refractivity contribution in [3.05, 3.63) is 71.4 Å². The highest BCUT2D eigenvalue weighted by Crippen LogP contribution is 2.19. The van der Waals surface area contributed by atoms with Crippen LogP contribution in [-0.4, -0.2) is 16.7 Å². The predicted octanol–water partition coefficient (Wildman–Crippen LogP) is 3.73. The smallest absolute Gasteiger partial charge is 0.271 e. The molecular weight excluding hydrogens is 286 g/mol. The molecule has 0 atom stereocenters. The van der Waals surface area contributed by atoms with Gasteiger partial charge in [-0.25, -0.2) is 5.43 Å². The molecule has 0 unspecified atom stereocenters. The van der Waals surface area contributed by atoms with Crippen LogP contribution in [0.15, 0.2) is 59.8 Å². The van der Waals surface area contributed by atoms with Gasteiger partial charge >= 0.3 is 0 Å². The fourth-order valence-corrected chi connectivity index (χ4v) is 2.57. The van der Waals surface area contributed by atoms with E-state index in [1.165, 1.54) is 5.52 Å².